The molecule has 0 radical (unpaired) electrons. The van der Waals surface area contributed by atoms with Crippen molar-refractivity contribution in [3.8, 4) is 11.1 Å². The van der Waals surface area contributed by atoms with E-state index in [1.807, 2.05) is 18.2 Å². The Morgan fingerprint density at radius 3 is 2.15 bits per heavy atom. The molecule has 0 N–H and O–H groups in total. The zero-order valence-corrected chi connectivity index (χ0v) is 11.4. The van der Waals surface area contributed by atoms with Gasteiger partial charge < -0.3 is 0 Å². The molecule has 20 heavy (non-hydrogen) atoms. The first-order valence-electron chi connectivity index (χ1n) is 7.30. The highest BCUT2D eigenvalue weighted by atomic mass is 19.2. The molecule has 0 nitrogen and oxygen atoms in total. The van der Waals surface area contributed by atoms with Crippen molar-refractivity contribution in [3.05, 3.63) is 59.7 Å². The van der Waals surface area contributed by atoms with Gasteiger partial charge >= 0.3 is 0 Å². The van der Waals surface area contributed by atoms with Crippen LogP contribution in [0.2, 0.25) is 0 Å². The number of halogens is 2. The molecule has 0 amide bonds. The standard InChI is InChI=1S/C18H18F2/c19-17-15(13-7-3-1-4-8-13)11-12-16(18(17)20)14-9-5-2-6-10-14/h1,3-4,7-8,11-12,14H,2,5-6,9-10H2. The van der Waals surface area contributed by atoms with Crippen molar-refractivity contribution in [3.63, 3.8) is 0 Å². The van der Waals surface area contributed by atoms with Crippen LogP contribution in [-0.4, -0.2) is 0 Å². The first-order chi connectivity index (χ1) is 9.77. The highest BCUT2D eigenvalue weighted by Crippen LogP contribution is 2.36. The van der Waals surface area contributed by atoms with E-state index in [1.54, 1.807) is 24.3 Å². The van der Waals surface area contributed by atoms with Crippen LogP contribution in [0.1, 0.15) is 43.6 Å². The van der Waals surface area contributed by atoms with E-state index in [2.05, 4.69) is 0 Å². The summed E-state index contributed by atoms with van der Waals surface area (Å²) in [6, 6.07) is 12.6. The lowest BCUT2D eigenvalue weighted by molar-refractivity contribution is 0.418. The maximum absolute atomic E-state index is 14.4. The second kappa shape index (κ2) is 5.74. The fourth-order valence-corrected chi connectivity index (χ4v) is 3.13. The van der Waals surface area contributed by atoms with Crippen LogP contribution in [-0.2, 0) is 0 Å². The Bertz CT molecular complexity index is 584. The summed E-state index contributed by atoms with van der Waals surface area (Å²) in [4.78, 5) is 0. The van der Waals surface area contributed by atoms with Gasteiger partial charge in [0, 0.05) is 5.56 Å². The van der Waals surface area contributed by atoms with Gasteiger partial charge in [0.2, 0.25) is 0 Å². The third kappa shape index (κ3) is 2.47. The molecule has 0 unspecified atom stereocenters. The molecule has 0 spiro atoms. The molecule has 0 atom stereocenters. The average Bonchev–Trinajstić information content (AvgIpc) is 2.52. The Labute approximate surface area is 118 Å². The summed E-state index contributed by atoms with van der Waals surface area (Å²) in [5.74, 6) is -1.18. The molecule has 104 valence electrons. The molecule has 1 aliphatic rings. The third-order valence-electron chi connectivity index (χ3n) is 4.24. The van der Waals surface area contributed by atoms with Crippen molar-refractivity contribution >= 4 is 0 Å². The highest BCUT2D eigenvalue weighted by molar-refractivity contribution is 5.64. The normalized spacial score (nSPS) is 16.3. The monoisotopic (exact) mass is 272 g/mol. The smallest absolute Gasteiger partial charge is 0.166 e. The molecule has 0 saturated heterocycles. The fraction of sp³-hybridized carbons (Fsp3) is 0.333. The molecule has 2 aromatic rings. The lowest BCUT2D eigenvalue weighted by atomic mass is 9.83. The molecule has 0 aromatic heterocycles. The van der Waals surface area contributed by atoms with Crippen molar-refractivity contribution in [2.75, 3.05) is 0 Å². The van der Waals surface area contributed by atoms with Gasteiger partial charge in [0.1, 0.15) is 0 Å². The zero-order chi connectivity index (χ0) is 13.9. The molecular formula is C18H18F2. The van der Waals surface area contributed by atoms with E-state index in [-0.39, 0.29) is 5.92 Å². The van der Waals surface area contributed by atoms with Crippen LogP contribution in [0.3, 0.4) is 0 Å². The lowest BCUT2D eigenvalue weighted by Crippen LogP contribution is -2.08. The first kappa shape index (κ1) is 13.3. The minimum atomic E-state index is -0.709. The Morgan fingerprint density at radius 2 is 1.45 bits per heavy atom. The first-order valence-corrected chi connectivity index (χ1v) is 7.30. The molecule has 2 heteroatoms. The maximum Gasteiger partial charge on any atom is 0.166 e. The van der Waals surface area contributed by atoms with Gasteiger partial charge in [-0.2, -0.15) is 0 Å². The second-order valence-electron chi connectivity index (χ2n) is 5.53. The second-order valence-corrected chi connectivity index (χ2v) is 5.53. The van der Waals surface area contributed by atoms with Crippen LogP contribution in [0.25, 0.3) is 11.1 Å². The predicted octanol–water partition coefficient (Wildman–Crippen LogP) is 5.68. The van der Waals surface area contributed by atoms with E-state index >= 15 is 0 Å². The van der Waals surface area contributed by atoms with E-state index in [1.165, 1.54) is 6.42 Å². The van der Waals surface area contributed by atoms with E-state index in [4.69, 9.17) is 0 Å². The largest absolute Gasteiger partial charge is 0.203 e. The summed E-state index contributed by atoms with van der Waals surface area (Å²) in [7, 11) is 0. The molecule has 3 rings (SSSR count). The average molecular weight is 272 g/mol. The molecule has 1 fully saturated rings. The van der Waals surface area contributed by atoms with Crippen LogP contribution in [0.4, 0.5) is 8.78 Å². The topological polar surface area (TPSA) is 0 Å². The summed E-state index contributed by atoms with van der Waals surface area (Å²) in [5.41, 5.74) is 1.63. The van der Waals surface area contributed by atoms with Gasteiger partial charge in [-0.05, 0) is 29.9 Å². The number of rotatable bonds is 2. The number of hydrogen-bond donors (Lipinski definition) is 0. The number of benzene rings is 2. The van der Waals surface area contributed by atoms with Crippen LogP contribution in [0.15, 0.2) is 42.5 Å². The molecule has 1 saturated carbocycles. The highest BCUT2D eigenvalue weighted by Gasteiger charge is 2.22. The third-order valence-corrected chi connectivity index (χ3v) is 4.24. The fourth-order valence-electron chi connectivity index (χ4n) is 3.13. The summed E-state index contributed by atoms with van der Waals surface area (Å²) in [6.45, 7) is 0. The van der Waals surface area contributed by atoms with Crippen molar-refractivity contribution in [1.82, 2.24) is 0 Å². The molecule has 0 aliphatic heterocycles. The summed E-state index contributed by atoms with van der Waals surface area (Å²) in [6.07, 6.45) is 5.39. The van der Waals surface area contributed by atoms with Crippen LogP contribution in [0.5, 0.6) is 0 Å². The van der Waals surface area contributed by atoms with E-state index in [0.29, 0.717) is 11.1 Å². The van der Waals surface area contributed by atoms with Crippen molar-refractivity contribution < 1.29 is 8.78 Å². The summed E-state index contributed by atoms with van der Waals surface area (Å²) in [5, 5.41) is 0. The van der Waals surface area contributed by atoms with Gasteiger partial charge in [-0.1, -0.05) is 61.7 Å². The van der Waals surface area contributed by atoms with Crippen LogP contribution >= 0.6 is 0 Å². The zero-order valence-electron chi connectivity index (χ0n) is 11.4. The Hall–Kier alpha value is -1.70. The Morgan fingerprint density at radius 1 is 0.750 bits per heavy atom. The maximum atomic E-state index is 14.4. The summed E-state index contributed by atoms with van der Waals surface area (Å²) >= 11 is 0. The molecule has 0 heterocycles. The van der Waals surface area contributed by atoms with Gasteiger partial charge in [-0.15, -0.1) is 0 Å². The SMILES string of the molecule is Fc1c(-c2ccccc2)ccc(C2CCCCC2)c1F. The number of hydrogen-bond acceptors (Lipinski definition) is 0. The van der Waals surface area contributed by atoms with Crippen molar-refractivity contribution in [2.24, 2.45) is 0 Å². The van der Waals surface area contributed by atoms with Crippen molar-refractivity contribution in [1.29, 1.82) is 0 Å². The van der Waals surface area contributed by atoms with E-state index in [9.17, 15) is 8.78 Å². The molecule has 0 bridgehead atoms. The Kier molecular flexibility index (Phi) is 3.81. The van der Waals surface area contributed by atoms with Crippen LogP contribution < -0.4 is 0 Å². The van der Waals surface area contributed by atoms with Crippen molar-refractivity contribution in [2.45, 2.75) is 38.0 Å². The van der Waals surface area contributed by atoms with Gasteiger partial charge in [0.05, 0.1) is 0 Å². The summed E-state index contributed by atoms with van der Waals surface area (Å²) < 4.78 is 28.7. The molecule has 1 aliphatic carbocycles. The van der Waals surface area contributed by atoms with Gasteiger partial charge in [0.15, 0.2) is 11.6 Å². The van der Waals surface area contributed by atoms with Crippen LogP contribution in [0, 0.1) is 11.6 Å². The quantitative estimate of drug-likeness (QED) is 0.659. The lowest BCUT2D eigenvalue weighted by Gasteiger charge is -2.23. The van der Waals surface area contributed by atoms with E-state index < -0.39 is 11.6 Å². The predicted molar refractivity (Wildman–Crippen MR) is 77.6 cm³/mol. The minimum absolute atomic E-state index is 0.183. The minimum Gasteiger partial charge on any atom is -0.203 e. The van der Waals surface area contributed by atoms with E-state index in [0.717, 1.165) is 31.2 Å². The molecular weight excluding hydrogens is 254 g/mol. The Balaban J connectivity index is 1.98. The molecule has 2 aromatic carbocycles. The van der Waals surface area contributed by atoms with Gasteiger partial charge in [0.25, 0.3) is 0 Å². The van der Waals surface area contributed by atoms with Gasteiger partial charge in [-0.3, -0.25) is 0 Å². The van der Waals surface area contributed by atoms with Gasteiger partial charge in [-0.25, -0.2) is 8.78 Å².